The maximum Gasteiger partial charge on any atom is 0.307 e. The first-order chi connectivity index (χ1) is 14.9. The third-order valence-electron chi connectivity index (χ3n) is 5.44. The van der Waals surface area contributed by atoms with Gasteiger partial charge in [-0.1, -0.05) is 25.4 Å². The molecule has 1 aromatic carbocycles. The van der Waals surface area contributed by atoms with E-state index in [-0.39, 0.29) is 24.3 Å². The summed E-state index contributed by atoms with van der Waals surface area (Å²) in [4.78, 5) is 29.5. The molecule has 1 atom stereocenters. The van der Waals surface area contributed by atoms with Crippen LogP contribution in [0.2, 0.25) is 5.02 Å². The van der Waals surface area contributed by atoms with Gasteiger partial charge in [0.2, 0.25) is 0 Å². The number of esters is 1. The van der Waals surface area contributed by atoms with Gasteiger partial charge in [-0.3, -0.25) is 14.5 Å². The lowest BCUT2D eigenvalue weighted by Gasteiger charge is -2.30. The van der Waals surface area contributed by atoms with Crippen molar-refractivity contribution >= 4 is 23.5 Å². The summed E-state index contributed by atoms with van der Waals surface area (Å²) in [6.07, 6.45) is 3.13. The van der Waals surface area contributed by atoms with Gasteiger partial charge in [-0.2, -0.15) is 0 Å². The second kappa shape index (κ2) is 12.8. The van der Waals surface area contributed by atoms with Crippen molar-refractivity contribution in [2.24, 2.45) is 0 Å². The van der Waals surface area contributed by atoms with Crippen LogP contribution in [0.3, 0.4) is 0 Å². The van der Waals surface area contributed by atoms with Gasteiger partial charge in [-0.15, -0.1) is 0 Å². The molecule has 1 amide bonds. The minimum atomic E-state index is -0.307. The fraction of sp³-hybridized carbons (Fsp3) is 0.652. The molecule has 0 radical (unpaired) electrons. The van der Waals surface area contributed by atoms with Crippen molar-refractivity contribution in [1.82, 2.24) is 9.80 Å². The number of rotatable bonds is 12. The summed E-state index contributed by atoms with van der Waals surface area (Å²) in [6, 6.07) is 3.55. The molecule has 0 bridgehead atoms. The normalized spacial score (nSPS) is 16.2. The molecule has 1 saturated heterocycles. The Labute approximate surface area is 190 Å². The second-order valence-corrected chi connectivity index (χ2v) is 7.98. The SMILES string of the molecule is CCCOc1c(Cl)cc(C(=O)N(CCC(=O)OCC)CC2CCCN2CC)cc1OC. The van der Waals surface area contributed by atoms with Crippen LogP contribution in [0.4, 0.5) is 0 Å². The fourth-order valence-electron chi connectivity index (χ4n) is 3.88. The van der Waals surface area contributed by atoms with Crippen molar-refractivity contribution in [1.29, 1.82) is 0 Å². The van der Waals surface area contributed by atoms with E-state index in [1.54, 1.807) is 24.0 Å². The molecule has 1 heterocycles. The number of likely N-dealkylation sites (tertiary alicyclic amines) is 1. The summed E-state index contributed by atoms with van der Waals surface area (Å²) in [5.41, 5.74) is 0.413. The van der Waals surface area contributed by atoms with Crippen LogP contribution >= 0.6 is 11.6 Å². The number of hydrogen-bond acceptors (Lipinski definition) is 6. The number of halogens is 1. The van der Waals surface area contributed by atoms with Crippen molar-refractivity contribution in [3.8, 4) is 11.5 Å². The number of likely N-dealkylation sites (N-methyl/N-ethyl adjacent to an activating group) is 1. The van der Waals surface area contributed by atoms with Crippen molar-refractivity contribution in [2.45, 2.75) is 52.5 Å². The number of nitrogens with zero attached hydrogens (tertiary/aromatic N) is 2. The second-order valence-electron chi connectivity index (χ2n) is 7.57. The highest BCUT2D eigenvalue weighted by molar-refractivity contribution is 6.32. The summed E-state index contributed by atoms with van der Waals surface area (Å²) in [5.74, 6) is 0.367. The molecule has 0 aromatic heterocycles. The van der Waals surface area contributed by atoms with E-state index in [9.17, 15) is 9.59 Å². The Bertz CT molecular complexity index is 743. The number of hydrogen-bond donors (Lipinski definition) is 0. The first kappa shape index (κ1) is 25.3. The molecule has 2 rings (SSSR count). The smallest absolute Gasteiger partial charge is 0.307 e. The fourth-order valence-corrected chi connectivity index (χ4v) is 4.14. The maximum atomic E-state index is 13.4. The quantitative estimate of drug-likeness (QED) is 0.444. The molecule has 1 aliphatic heterocycles. The Morgan fingerprint density at radius 3 is 2.68 bits per heavy atom. The molecule has 174 valence electrons. The van der Waals surface area contributed by atoms with Crippen molar-refractivity contribution in [3.05, 3.63) is 22.7 Å². The van der Waals surface area contributed by atoms with Crippen LogP contribution < -0.4 is 9.47 Å². The Balaban J connectivity index is 2.25. The van der Waals surface area contributed by atoms with E-state index in [4.69, 9.17) is 25.8 Å². The van der Waals surface area contributed by atoms with Crippen LogP contribution in [0, 0.1) is 0 Å². The predicted octanol–water partition coefficient (Wildman–Crippen LogP) is 4.02. The Hall–Kier alpha value is -1.99. The number of ether oxygens (including phenoxy) is 3. The minimum Gasteiger partial charge on any atom is -0.493 e. The summed E-state index contributed by atoms with van der Waals surface area (Å²) < 4.78 is 16.2. The molecular formula is C23H35ClN2O5. The van der Waals surface area contributed by atoms with E-state index >= 15 is 0 Å². The molecule has 0 spiro atoms. The molecule has 0 aliphatic carbocycles. The largest absolute Gasteiger partial charge is 0.493 e. The van der Waals surface area contributed by atoms with Crippen molar-refractivity contribution in [2.75, 3.05) is 46.5 Å². The average molecular weight is 455 g/mol. The number of benzene rings is 1. The summed E-state index contributed by atoms with van der Waals surface area (Å²) in [5, 5.41) is 0.331. The Morgan fingerprint density at radius 1 is 1.26 bits per heavy atom. The third-order valence-corrected chi connectivity index (χ3v) is 5.72. The van der Waals surface area contributed by atoms with Gasteiger partial charge in [-0.25, -0.2) is 0 Å². The molecule has 1 aromatic rings. The zero-order chi connectivity index (χ0) is 22.8. The zero-order valence-corrected chi connectivity index (χ0v) is 19.9. The molecule has 1 unspecified atom stereocenters. The number of amides is 1. The lowest BCUT2D eigenvalue weighted by molar-refractivity contribution is -0.143. The van der Waals surface area contributed by atoms with E-state index in [2.05, 4.69) is 11.8 Å². The van der Waals surface area contributed by atoms with Gasteiger partial charge in [0.05, 0.1) is 31.8 Å². The van der Waals surface area contributed by atoms with Gasteiger partial charge >= 0.3 is 5.97 Å². The van der Waals surface area contributed by atoms with Crippen molar-refractivity contribution in [3.63, 3.8) is 0 Å². The highest BCUT2D eigenvalue weighted by atomic mass is 35.5. The molecule has 0 N–H and O–H groups in total. The maximum absolute atomic E-state index is 13.4. The van der Waals surface area contributed by atoms with Gasteiger partial charge in [0.1, 0.15) is 0 Å². The lowest BCUT2D eigenvalue weighted by atomic mass is 10.1. The van der Waals surface area contributed by atoms with Gasteiger partial charge in [0.25, 0.3) is 5.91 Å². The zero-order valence-electron chi connectivity index (χ0n) is 19.1. The highest BCUT2D eigenvalue weighted by Gasteiger charge is 2.29. The van der Waals surface area contributed by atoms with E-state index in [1.807, 2.05) is 6.92 Å². The predicted molar refractivity (Wildman–Crippen MR) is 121 cm³/mol. The van der Waals surface area contributed by atoms with Crippen LogP contribution in [0.15, 0.2) is 12.1 Å². The lowest BCUT2D eigenvalue weighted by Crippen LogP contribution is -2.44. The molecule has 8 heteroatoms. The Morgan fingerprint density at radius 2 is 2.03 bits per heavy atom. The van der Waals surface area contributed by atoms with Gasteiger partial charge in [0.15, 0.2) is 11.5 Å². The first-order valence-corrected chi connectivity index (χ1v) is 11.5. The van der Waals surface area contributed by atoms with Gasteiger partial charge in [-0.05, 0) is 51.4 Å². The van der Waals surface area contributed by atoms with Crippen LogP contribution in [-0.4, -0.2) is 74.2 Å². The molecule has 7 nitrogen and oxygen atoms in total. The average Bonchev–Trinajstić information content (AvgIpc) is 3.22. The van der Waals surface area contributed by atoms with E-state index in [0.29, 0.717) is 48.4 Å². The van der Waals surface area contributed by atoms with E-state index in [1.165, 1.54) is 7.11 Å². The third kappa shape index (κ3) is 7.01. The van der Waals surface area contributed by atoms with Crippen LogP contribution in [0.5, 0.6) is 11.5 Å². The summed E-state index contributed by atoms with van der Waals surface area (Å²) in [6.45, 7) is 9.55. The Kier molecular flexibility index (Phi) is 10.4. The molecule has 31 heavy (non-hydrogen) atoms. The topological polar surface area (TPSA) is 68.3 Å². The minimum absolute atomic E-state index is 0.154. The van der Waals surface area contributed by atoms with Crippen molar-refractivity contribution < 1.29 is 23.8 Å². The highest BCUT2D eigenvalue weighted by Crippen LogP contribution is 2.37. The summed E-state index contributed by atoms with van der Waals surface area (Å²) >= 11 is 6.42. The molecule has 1 fully saturated rings. The van der Waals surface area contributed by atoms with Crippen LogP contribution in [-0.2, 0) is 9.53 Å². The number of carbonyl (C=O) groups is 2. The number of methoxy groups -OCH3 is 1. The number of carbonyl (C=O) groups excluding carboxylic acids is 2. The van der Waals surface area contributed by atoms with Gasteiger partial charge < -0.3 is 19.1 Å². The summed E-state index contributed by atoms with van der Waals surface area (Å²) in [7, 11) is 1.52. The van der Waals surface area contributed by atoms with Crippen LogP contribution in [0.1, 0.15) is 56.8 Å². The van der Waals surface area contributed by atoms with Gasteiger partial charge in [0, 0.05) is 24.7 Å². The monoisotopic (exact) mass is 454 g/mol. The first-order valence-electron chi connectivity index (χ1n) is 11.1. The molecule has 0 saturated carbocycles. The standard InChI is InChI=1S/C23H35ClN2O5/c1-5-13-31-22-19(24)14-17(15-20(22)29-4)23(28)26(12-10-21(27)30-7-3)16-18-9-8-11-25(18)6-2/h14-15,18H,5-13,16H2,1-4H3. The van der Waals surface area contributed by atoms with E-state index in [0.717, 1.165) is 32.4 Å². The molecular weight excluding hydrogens is 420 g/mol. The van der Waals surface area contributed by atoms with Crippen LogP contribution in [0.25, 0.3) is 0 Å². The molecule has 1 aliphatic rings. The van der Waals surface area contributed by atoms with E-state index < -0.39 is 0 Å².